The fraction of sp³-hybridized carbons (Fsp3) is 0.250. The Kier molecular flexibility index (Phi) is 4.04. The number of rotatable bonds is 4. The monoisotopic (exact) mass is 276 g/mol. The van der Waals surface area contributed by atoms with Gasteiger partial charge < -0.3 is 5.11 Å². The van der Waals surface area contributed by atoms with Gasteiger partial charge in [-0.3, -0.25) is 4.57 Å². The molecule has 0 radical (unpaired) electrons. The van der Waals surface area contributed by atoms with Crippen molar-refractivity contribution in [2.45, 2.75) is 30.1 Å². The highest BCUT2D eigenvalue weighted by Crippen LogP contribution is 2.28. The number of nitriles is 1. The van der Waals surface area contributed by atoms with Crippen LogP contribution in [-0.4, -0.2) is 19.9 Å². The van der Waals surface area contributed by atoms with Crippen LogP contribution in [0.1, 0.15) is 18.1 Å². The zero-order chi connectivity index (χ0) is 13.8. The summed E-state index contributed by atoms with van der Waals surface area (Å²) in [6.07, 6.45) is 0. The van der Waals surface area contributed by atoms with Crippen LogP contribution < -0.4 is 5.69 Å². The van der Waals surface area contributed by atoms with Crippen molar-refractivity contribution in [2.75, 3.05) is 0 Å². The molecule has 0 aliphatic heterocycles. The lowest BCUT2D eigenvalue weighted by atomic mass is 10.1. The number of aliphatic hydroxyl groups excluding tert-OH is 1. The zero-order valence-electron chi connectivity index (χ0n) is 10.3. The molecular formula is C12H12N4O2S. The topological polar surface area (TPSA) is 94.7 Å². The molecule has 0 fully saturated rings. The first-order chi connectivity index (χ1) is 9.19. The number of nitrogens with zero attached hydrogens (tertiary/aromatic N) is 3. The zero-order valence-corrected chi connectivity index (χ0v) is 11.1. The van der Waals surface area contributed by atoms with Gasteiger partial charge in [0.15, 0.2) is 5.16 Å². The predicted molar refractivity (Wildman–Crippen MR) is 69.7 cm³/mol. The normalized spacial score (nSPS) is 10.4. The molecule has 2 aromatic rings. The summed E-state index contributed by atoms with van der Waals surface area (Å²) in [6, 6.07) is 7.19. The molecule has 0 atom stereocenters. The lowest BCUT2D eigenvalue weighted by Gasteiger charge is -2.05. The molecule has 0 saturated carbocycles. The van der Waals surface area contributed by atoms with Crippen molar-refractivity contribution in [1.82, 2.24) is 14.8 Å². The van der Waals surface area contributed by atoms with E-state index in [2.05, 4.69) is 16.3 Å². The SMILES string of the molecule is CCn1c(Sc2ccc(CO)cc2C#N)n[nH]c1=O. The second-order valence-corrected chi connectivity index (χ2v) is 4.77. The van der Waals surface area contributed by atoms with Gasteiger partial charge in [-0.15, -0.1) is 5.10 Å². The first-order valence-electron chi connectivity index (χ1n) is 5.66. The standard InChI is InChI=1S/C12H12N4O2S/c1-2-16-11(18)14-15-12(16)19-10-4-3-8(7-17)5-9(10)6-13/h3-5,17H,2,7H2,1H3,(H,14,18). The Morgan fingerprint density at radius 2 is 2.37 bits per heavy atom. The van der Waals surface area contributed by atoms with Crippen LogP contribution >= 0.6 is 11.8 Å². The summed E-state index contributed by atoms with van der Waals surface area (Å²) in [4.78, 5) is 12.2. The van der Waals surface area contributed by atoms with Gasteiger partial charge in [-0.05, 0) is 36.4 Å². The predicted octanol–water partition coefficient (Wildman–Crippen LogP) is 1.11. The molecule has 2 N–H and O–H groups in total. The average molecular weight is 276 g/mol. The molecule has 0 saturated heterocycles. The van der Waals surface area contributed by atoms with Gasteiger partial charge in [-0.25, -0.2) is 9.89 Å². The average Bonchev–Trinajstić information content (AvgIpc) is 2.79. The highest BCUT2D eigenvalue weighted by Gasteiger charge is 2.11. The van der Waals surface area contributed by atoms with E-state index in [1.165, 1.54) is 16.3 Å². The first-order valence-corrected chi connectivity index (χ1v) is 6.48. The van der Waals surface area contributed by atoms with Crippen molar-refractivity contribution in [2.24, 2.45) is 0 Å². The second kappa shape index (κ2) is 5.73. The fourth-order valence-corrected chi connectivity index (χ4v) is 2.57. The Bertz CT molecular complexity index is 684. The van der Waals surface area contributed by atoms with Crippen molar-refractivity contribution >= 4 is 11.8 Å². The summed E-state index contributed by atoms with van der Waals surface area (Å²) < 4.78 is 1.49. The number of hydrogen-bond donors (Lipinski definition) is 2. The van der Waals surface area contributed by atoms with Crippen molar-refractivity contribution in [3.05, 3.63) is 39.8 Å². The number of nitrogens with one attached hydrogen (secondary N) is 1. The molecule has 6 nitrogen and oxygen atoms in total. The van der Waals surface area contributed by atoms with E-state index in [0.717, 1.165) is 0 Å². The molecule has 98 valence electrons. The van der Waals surface area contributed by atoms with Crippen molar-refractivity contribution in [1.29, 1.82) is 5.26 Å². The van der Waals surface area contributed by atoms with E-state index in [-0.39, 0.29) is 12.3 Å². The van der Waals surface area contributed by atoms with Gasteiger partial charge in [0.1, 0.15) is 6.07 Å². The summed E-state index contributed by atoms with van der Waals surface area (Å²) >= 11 is 1.25. The maximum absolute atomic E-state index is 11.4. The van der Waals surface area contributed by atoms with Crippen molar-refractivity contribution in [3.8, 4) is 6.07 Å². The molecule has 2 rings (SSSR count). The van der Waals surface area contributed by atoms with Crippen LogP contribution in [0.5, 0.6) is 0 Å². The van der Waals surface area contributed by atoms with Gasteiger partial charge in [-0.2, -0.15) is 5.26 Å². The molecule has 0 amide bonds. The summed E-state index contributed by atoms with van der Waals surface area (Å²) in [5.74, 6) is 0. The minimum atomic E-state index is -0.268. The number of benzene rings is 1. The van der Waals surface area contributed by atoms with Gasteiger partial charge >= 0.3 is 5.69 Å². The summed E-state index contributed by atoms with van der Waals surface area (Å²) in [5.41, 5.74) is 0.862. The minimum absolute atomic E-state index is 0.109. The van der Waals surface area contributed by atoms with Crippen LogP contribution in [0.3, 0.4) is 0 Å². The highest BCUT2D eigenvalue weighted by molar-refractivity contribution is 7.99. The lowest BCUT2D eigenvalue weighted by molar-refractivity contribution is 0.281. The van der Waals surface area contributed by atoms with Gasteiger partial charge in [-0.1, -0.05) is 6.07 Å². The third kappa shape index (κ3) is 2.70. The summed E-state index contributed by atoms with van der Waals surface area (Å²) in [5, 5.41) is 25.0. The van der Waals surface area contributed by atoms with E-state index in [1.807, 2.05) is 6.92 Å². The van der Waals surface area contributed by atoms with Gasteiger partial charge in [0, 0.05) is 11.4 Å². The molecule has 0 aliphatic carbocycles. The Morgan fingerprint density at radius 1 is 1.58 bits per heavy atom. The van der Waals surface area contributed by atoms with Gasteiger partial charge in [0.05, 0.1) is 12.2 Å². The third-order valence-corrected chi connectivity index (χ3v) is 3.66. The van der Waals surface area contributed by atoms with Crippen LogP contribution in [0.4, 0.5) is 0 Å². The lowest BCUT2D eigenvalue weighted by Crippen LogP contribution is -2.16. The quantitative estimate of drug-likeness (QED) is 0.872. The number of H-pyrrole nitrogens is 1. The maximum atomic E-state index is 11.4. The maximum Gasteiger partial charge on any atom is 0.343 e. The molecule has 19 heavy (non-hydrogen) atoms. The van der Waals surface area contributed by atoms with Crippen LogP contribution in [-0.2, 0) is 13.2 Å². The number of hydrogen-bond acceptors (Lipinski definition) is 5. The summed E-state index contributed by atoms with van der Waals surface area (Å²) in [6.45, 7) is 2.25. The van der Waals surface area contributed by atoms with Crippen LogP contribution in [0.2, 0.25) is 0 Å². The largest absolute Gasteiger partial charge is 0.392 e. The molecule has 0 unspecified atom stereocenters. The van der Waals surface area contributed by atoms with E-state index in [4.69, 9.17) is 10.4 Å². The molecular weight excluding hydrogens is 264 g/mol. The van der Waals surface area contributed by atoms with Gasteiger partial charge in [0.25, 0.3) is 0 Å². The van der Waals surface area contributed by atoms with E-state index in [1.54, 1.807) is 18.2 Å². The number of aromatic amines is 1. The first kappa shape index (κ1) is 13.4. The molecule has 1 heterocycles. The smallest absolute Gasteiger partial charge is 0.343 e. The van der Waals surface area contributed by atoms with Crippen molar-refractivity contribution in [3.63, 3.8) is 0 Å². The van der Waals surface area contributed by atoms with E-state index in [9.17, 15) is 4.79 Å². The van der Waals surface area contributed by atoms with E-state index in [0.29, 0.717) is 27.7 Å². The fourth-order valence-electron chi connectivity index (χ4n) is 1.61. The molecule has 0 spiro atoms. The Labute approximate surface area is 113 Å². The van der Waals surface area contributed by atoms with Crippen LogP contribution in [0.15, 0.2) is 33.0 Å². The Hall–Kier alpha value is -2.04. The van der Waals surface area contributed by atoms with E-state index >= 15 is 0 Å². The second-order valence-electron chi connectivity index (χ2n) is 3.76. The molecule has 1 aromatic heterocycles. The van der Waals surface area contributed by atoms with Gasteiger partial charge in [0.2, 0.25) is 0 Å². The minimum Gasteiger partial charge on any atom is -0.392 e. The molecule has 7 heteroatoms. The van der Waals surface area contributed by atoms with Crippen LogP contribution in [0.25, 0.3) is 0 Å². The molecule has 0 aliphatic rings. The Morgan fingerprint density at radius 3 is 3.00 bits per heavy atom. The molecule has 0 bridgehead atoms. The summed E-state index contributed by atoms with van der Waals surface area (Å²) in [7, 11) is 0. The number of aliphatic hydroxyl groups is 1. The highest BCUT2D eigenvalue weighted by atomic mass is 32.2. The third-order valence-electron chi connectivity index (χ3n) is 2.59. The Balaban J connectivity index is 2.38. The van der Waals surface area contributed by atoms with E-state index < -0.39 is 0 Å². The van der Waals surface area contributed by atoms with Crippen molar-refractivity contribution < 1.29 is 5.11 Å². The number of aromatic nitrogens is 3. The molecule has 1 aromatic carbocycles. The van der Waals surface area contributed by atoms with Crippen LogP contribution in [0, 0.1) is 11.3 Å².